The average Bonchev–Trinajstić information content (AvgIpc) is 2.78. The summed E-state index contributed by atoms with van der Waals surface area (Å²) < 4.78 is 0. The number of aromatic amines is 2. The van der Waals surface area contributed by atoms with Gasteiger partial charge in [0.1, 0.15) is 17.7 Å². The molecule has 0 atom stereocenters. The summed E-state index contributed by atoms with van der Waals surface area (Å²) >= 11 is 0. The van der Waals surface area contributed by atoms with Crippen molar-refractivity contribution in [1.29, 1.82) is 0 Å². The van der Waals surface area contributed by atoms with Crippen molar-refractivity contribution in [2.24, 2.45) is 0 Å². The van der Waals surface area contributed by atoms with Crippen LogP contribution in [0, 0.1) is 6.92 Å². The fourth-order valence-corrected chi connectivity index (χ4v) is 1.33. The number of aromatic nitrogens is 4. The van der Waals surface area contributed by atoms with Crippen LogP contribution in [0.15, 0.2) is 23.3 Å². The van der Waals surface area contributed by atoms with E-state index in [1.165, 1.54) is 12.4 Å². The summed E-state index contributed by atoms with van der Waals surface area (Å²) in [5.74, 6) is 0.0875. The van der Waals surface area contributed by atoms with E-state index in [-0.39, 0.29) is 12.1 Å². The normalized spacial score (nSPS) is 10.2. The van der Waals surface area contributed by atoms with E-state index in [0.29, 0.717) is 11.5 Å². The molecule has 2 aromatic heterocycles. The zero-order chi connectivity index (χ0) is 12.3. The van der Waals surface area contributed by atoms with Gasteiger partial charge in [-0.25, -0.2) is 4.98 Å². The summed E-state index contributed by atoms with van der Waals surface area (Å²) in [4.78, 5) is 29.6. The molecular weight excluding hydrogens is 222 g/mol. The van der Waals surface area contributed by atoms with E-state index in [2.05, 4.69) is 25.5 Å². The Balaban J connectivity index is 2.07. The van der Waals surface area contributed by atoms with Crippen molar-refractivity contribution < 1.29 is 4.79 Å². The molecule has 2 rings (SSSR count). The lowest BCUT2D eigenvalue weighted by atomic mass is 10.2. The third kappa shape index (κ3) is 2.57. The third-order valence-corrected chi connectivity index (χ3v) is 2.18. The van der Waals surface area contributed by atoms with Crippen molar-refractivity contribution in [1.82, 2.24) is 25.5 Å². The molecule has 0 unspecified atom stereocenters. The third-order valence-electron chi connectivity index (χ3n) is 2.18. The standard InChI is InChI=1S/C10H11N5O2/c1-6-2-3-7(10(17)14-6)9(16)11-4-8-12-5-13-15-8/h2-3,5H,4H2,1H3,(H,11,16)(H,14,17)(H,12,13,15). The highest BCUT2D eigenvalue weighted by Gasteiger charge is 2.10. The van der Waals surface area contributed by atoms with Crippen LogP contribution in [0.25, 0.3) is 0 Å². The summed E-state index contributed by atoms with van der Waals surface area (Å²) in [5, 5.41) is 8.82. The maximum atomic E-state index is 11.7. The minimum atomic E-state index is -0.442. The van der Waals surface area contributed by atoms with E-state index in [9.17, 15) is 9.59 Å². The van der Waals surface area contributed by atoms with Crippen LogP contribution in [0.2, 0.25) is 0 Å². The van der Waals surface area contributed by atoms with Crippen LogP contribution >= 0.6 is 0 Å². The first-order valence-electron chi connectivity index (χ1n) is 4.99. The lowest BCUT2D eigenvalue weighted by Gasteiger charge is -2.02. The van der Waals surface area contributed by atoms with E-state index in [1.807, 2.05) is 0 Å². The number of rotatable bonds is 3. The van der Waals surface area contributed by atoms with E-state index < -0.39 is 11.5 Å². The Morgan fingerprint density at radius 1 is 1.47 bits per heavy atom. The molecule has 0 aliphatic rings. The van der Waals surface area contributed by atoms with Gasteiger partial charge < -0.3 is 10.3 Å². The van der Waals surface area contributed by atoms with Crippen molar-refractivity contribution in [2.45, 2.75) is 13.5 Å². The molecule has 0 bridgehead atoms. The van der Waals surface area contributed by atoms with Gasteiger partial charge in [0.05, 0.1) is 6.54 Å². The molecule has 0 saturated carbocycles. The molecule has 88 valence electrons. The second kappa shape index (κ2) is 4.60. The zero-order valence-electron chi connectivity index (χ0n) is 9.15. The van der Waals surface area contributed by atoms with Gasteiger partial charge >= 0.3 is 0 Å². The lowest BCUT2D eigenvalue weighted by molar-refractivity contribution is 0.0948. The van der Waals surface area contributed by atoms with Gasteiger partial charge in [0, 0.05) is 5.69 Å². The Labute approximate surface area is 96.3 Å². The summed E-state index contributed by atoms with van der Waals surface area (Å²) in [6, 6.07) is 3.16. The van der Waals surface area contributed by atoms with E-state index in [0.717, 1.165) is 0 Å². The average molecular weight is 233 g/mol. The molecule has 0 aliphatic carbocycles. The van der Waals surface area contributed by atoms with Crippen molar-refractivity contribution in [3.05, 3.63) is 45.9 Å². The summed E-state index contributed by atoms with van der Waals surface area (Å²) in [5.41, 5.74) is 0.386. The van der Waals surface area contributed by atoms with Crippen molar-refractivity contribution in [3.63, 3.8) is 0 Å². The Bertz CT molecular complexity index is 573. The molecule has 7 nitrogen and oxygen atoms in total. The minimum Gasteiger partial charge on any atom is -0.345 e. The number of H-pyrrole nitrogens is 2. The Morgan fingerprint density at radius 2 is 2.29 bits per heavy atom. The van der Waals surface area contributed by atoms with Gasteiger partial charge in [0.2, 0.25) is 0 Å². The zero-order valence-corrected chi connectivity index (χ0v) is 9.15. The largest absolute Gasteiger partial charge is 0.345 e. The van der Waals surface area contributed by atoms with E-state index in [4.69, 9.17) is 0 Å². The molecular formula is C10H11N5O2. The molecule has 0 fully saturated rings. The van der Waals surface area contributed by atoms with Crippen LogP contribution in [0.5, 0.6) is 0 Å². The maximum absolute atomic E-state index is 11.7. The number of pyridine rings is 1. The molecule has 3 N–H and O–H groups in total. The topological polar surface area (TPSA) is 104 Å². The molecule has 1 amide bonds. The van der Waals surface area contributed by atoms with Gasteiger partial charge in [-0.2, -0.15) is 5.10 Å². The van der Waals surface area contributed by atoms with E-state index >= 15 is 0 Å². The number of nitrogens with one attached hydrogen (secondary N) is 3. The summed E-state index contributed by atoms with van der Waals surface area (Å²) in [7, 11) is 0. The van der Waals surface area contributed by atoms with Crippen molar-refractivity contribution in [2.75, 3.05) is 0 Å². The van der Waals surface area contributed by atoms with Crippen molar-refractivity contribution >= 4 is 5.91 Å². The first-order chi connectivity index (χ1) is 8.16. The lowest BCUT2D eigenvalue weighted by Crippen LogP contribution is -2.29. The summed E-state index contributed by atoms with van der Waals surface area (Å²) in [6.45, 7) is 1.95. The minimum absolute atomic E-state index is 0.0788. The monoisotopic (exact) mass is 233 g/mol. The smallest absolute Gasteiger partial charge is 0.260 e. The Hall–Kier alpha value is -2.44. The van der Waals surface area contributed by atoms with Crippen LogP contribution < -0.4 is 10.9 Å². The number of aryl methyl sites for hydroxylation is 1. The molecule has 2 heterocycles. The Morgan fingerprint density at radius 3 is 2.94 bits per heavy atom. The highest BCUT2D eigenvalue weighted by molar-refractivity contribution is 5.93. The van der Waals surface area contributed by atoms with Gasteiger partial charge in [-0.05, 0) is 19.1 Å². The quantitative estimate of drug-likeness (QED) is 0.678. The molecule has 0 spiro atoms. The van der Waals surface area contributed by atoms with Gasteiger partial charge in [-0.15, -0.1) is 0 Å². The van der Waals surface area contributed by atoms with Gasteiger partial charge in [-0.3, -0.25) is 14.7 Å². The number of amides is 1. The SMILES string of the molecule is Cc1ccc(C(=O)NCc2ncn[nH]2)c(=O)[nH]1. The summed E-state index contributed by atoms with van der Waals surface area (Å²) in [6.07, 6.45) is 1.35. The van der Waals surface area contributed by atoms with Crippen LogP contribution in [0.1, 0.15) is 21.9 Å². The van der Waals surface area contributed by atoms with Crippen LogP contribution in [0.4, 0.5) is 0 Å². The molecule has 0 aromatic carbocycles. The predicted octanol–water partition coefficient (Wildman–Crippen LogP) is -0.269. The highest BCUT2D eigenvalue weighted by atomic mass is 16.2. The van der Waals surface area contributed by atoms with E-state index in [1.54, 1.807) is 13.0 Å². The van der Waals surface area contributed by atoms with Gasteiger partial charge in [0.25, 0.3) is 11.5 Å². The van der Waals surface area contributed by atoms with Gasteiger partial charge in [-0.1, -0.05) is 0 Å². The first kappa shape index (κ1) is 11.1. The first-order valence-corrected chi connectivity index (χ1v) is 4.99. The molecule has 7 heteroatoms. The molecule has 0 radical (unpaired) electrons. The van der Waals surface area contributed by atoms with Crippen LogP contribution in [-0.4, -0.2) is 26.1 Å². The maximum Gasteiger partial charge on any atom is 0.260 e. The molecule has 2 aromatic rings. The molecule has 17 heavy (non-hydrogen) atoms. The second-order valence-electron chi connectivity index (χ2n) is 3.50. The number of hydrogen-bond donors (Lipinski definition) is 3. The second-order valence-corrected chi connectivity index (χ2v) is 3.50. The van der Waals surface area contributed by atoms with Gasteiger partial charge in [0.15, 0.2) is 0 Å². The molecule has 0 saturated heterocycles. The number of hydrogen-bond acceptors (Lipinski definition) is 4. The fraction of sp³-hybridized carbons (Fsp3) is 0.200. The predicted molar refractivity (Wildman–Crippen MR) is 59.4 cm³/mol. The Kier molecular flexibility index (Phi) is 2.99. The number of nitrogens with zero attached hydrogens (tertiary/aromatic N) is 2. The fourth-order valence-electron chi connectivity index (χ4n) is 1.33. The highest BCUT2D eigenvalue weighted by Crippen LogP contribution is 1.94. The number of carbonyl (C=O) groups excluding carboxylic acids is 1. The number of carbonyl (C=O) groups is 1. The molecule has 0 aliphatic heterocycles. The van der Waals surface area contributed by atoms with Crippen molar-refractivity contribution in [3.8, 4) is 0 Å². The van der Waals surface area contributed by atoms with Crippen LogP contribution in [0.3, 0.4) is 0 Å². The van der Waals surface area contributed by atoms with Crippen LogP contribution in [-0.2, 0) is 6.54 Å².